The Labute approximate surface area is 106 Å². The monoisotopic (exact) mass is 250 g/mol. The number of benzene rings is 1. The smallest absolute Gasteiger partial charge is 0.159 e. The predicted octanol–water partition coefficient (Wildman–Crippen LogP) is 2.72. The Hall–Kier alpha value is -1.39. The summed E-state index contributed by atoms with van der Waals surface area (Å²) in [5.74, 6) is 0. The van der Waals surface area contributed by atoms with Crippen LogP contribution in [0.25, 0.3) is 10.9 Å². The topological polar surface area (TPSA) is 51.0 Å². The lowest BCUT2D eigenvalue weighted by molar-refractivity contribution is 0.0305. The molecule has 2 aromatic rings. The highest BCUT2D eigenvalue weighted by atomic mass is 19.1. The Morgan fingerprint density at radius 2 is 2.22 bits per heavy atom. The first kappa shape index (κ1) is 13.1. The second-order valence-electron chi connectivity index (χ2n) is 4.57. The molecule has 0 radical (unpaired) electrons. The molecule has 0 aliphatic carbocycles. The molecule has 3 nitrogen and oxygen atoms in total. The predicted molar refractivity (Wildman–Crippen MR) is 71.2 cm³/mol. The van der Waals surface area contributed by atoms with Crippen molar-refractivity contribution in [3.63, 3.8) is 0 Å². The number of halogens is 1. The summed E-state index contributed by atoms with van der Waals surface area (Å²) in [6.07, 6.45) is 2.88. The van der Waals surface area contributed by atoms with Crippen LogP contribution in [-0.2, 0) is 10.4 Å². The fourth-order valence-electron chi connectivity index (χ4n) is 2.24. The van der Waals surface area contributed by atoms with Crippen molar-refractivity contribution in [3.8, 4) is 0 Å². The van der Waals surface area contributed by atoms with E-state index in [4.69, 9.17) is 10.5 Å². The summed E-state index contributed by atoms with van der Waals surface area (Å²) in [6.45, 7) is 0.546. The molecule has 0 fully saturated rings. The number of ether oxygens (including phenoxy) is 1. The molecule has 1 atom stereocenters. The number of hydrogen-bond acceptors (Lipinski definition) is 2. The number of hydrogen-bond donors (Lipinski definition) is 2. The Balaban J connectivity index is 2.33. The van der Waals surface area contributed by atoms with Crippen LogP contribution in [0, 0.1) is 0 Å². The van der Waals surface area contributed by atoms with Gasteiger partial charge in [-0.1, -0.05) is 6.07 Å². The van der Waals surface area contributed by atoms with Crippen molar-refractivity contribution in [2.45, 2.75) is 18.5 Å². The number of rotatable bonds is 6. The van der Waals surface area contributed by atoms with E-state index < -0.39 is 5.67 Å². The average molecular weight is 250 g/mol. The molecule has 98 valence electrons. The lowest BCUT2D eigenvalue weighted by Crippen LogP contribution is -2.27. The molecule has 1 heterocycles. The first-order chi connectivity index (χ1) is 8.69. The standard InChI is InChI=1S/C14H19FN2O/c1-18-10-14(15,6-2-7-16)12-3-4-13-11(9-12)5-8-17-13/h3-5,8-9,17H,2,6-7,10,16H2,1H3. The van der Waals surface area contributed by atoms with Crippen molar-refractivity contribution < 1.29 is 9.13 Å². The van der Waals surface area contributed by atoms with Gasteiger partial charge in [0.1, 0.15) is 0 Å². The van der Waals surface area contributed by atoms with E-state index in [-0.39, 0.29) is 6.61 Å². The molecular formula is C14H19FN2O. The van der Waals surface area contributed by atoms with Gasteiger partial charge in [0.15, 0.2) is 5.67 Å². The van der Waals surface area contributed by atoms with Crippen molar-refractivity contribution in [2.24, 2.45) is 5.73 Å². The van der Waals surface area contributed by atoms with Gasteiger partial charge in [0.2, 0.25) is 0 Å². The van der Waals surface area contributed by atoms with E-state index in [0.717, 1.165) is 10.9 Å². The molecule has 1 unspecified atom stereocenters. The zero-order chi connectivity index (χ0) is 13.0. The summed E-state index contributed by atoms with van der Waals surface area (Å²) < 4.78 is 20.0. The van der Waals surface area contributed by atoms with Crippen LogP contribution < -0.4 is 5.73 Å². The highest BCUT2D eigenvalue weighted by Gasteiger charge is 2.31. The van der Waals surface area contributed by atoms with E-state index in [9.17, 15) is 4.39 Å². The third-order valence-electron chi connectivity index (χ3n) is 3.22. The molecule has 0 spiro atoms. The maximum Gasteiger partial charge on any atom is 0.159 e. The summed E-state index contributed by atoms with van der Waals surface area (Å²) in [5, 5.41) is 1.01. The number of nitrogens with two attached hydrogens (primary N) is 1. The van der Waals surface area contributed by atoms with Crippen molar-refractivity contribution in [1.82, 2.24) is 4.98 Å². The molecule has 4 heteroatoms. The summed E-state index contributed by atoms with van der Waals surface area (Å²) in [6, 6.07) is 7.53. The molecule has 0 amide bonds. The zero-order valence-corrected chi connectivity index (χ0v) is 10.6. The van der Waals surface area contributed by atoms with Crippen LogP contribution in [0.15, 0.2) is 30.5 Å². The van der Waals surface area contributed by atoms with E-state index in [2.05, 4.69) is 4.98 Å². The first-order valence-corrected chi connectivity index (χ1v) is 6.15. The molecule has 0 bridgehead atoms. The highest BCUT2D eigenvalue weighted by molar-refractivity contribution is 5.80. The molecular weight excluding hydrogens is 231 g/mol. The van der Waals surface area contributed by atoms with Crippen LogP contribution in [0.5, 0.6) is 0 Å². The summed E-state index contributed by atoms with van der Waals surface area (Å²) in [4.78, 5) is 3.10. The molecule has 3 N–H and O–H groups in total. The van der Waals surface area contributed by atoms with Crippen LogP contribution >= 0.6 is 0 Å². The number of aromatic nitrogens is 1. The number of fused-ring (bicyclic) bond motifs is 1. The lowest BCUT2D eigenvalue weighted by Gasteiger charge is -2.25. The molecule has 0 aliphatic heterocycles. The van der Waals surface area contributed by atoms with Gasteiger partial charge in [-0.25, -0.2) is 4.39 Å². The Bertz CT molecular complexity index is 511. The van der Waals surface area contributed by atoms with Gasteiger partial charge in [-0.15, -0.1) is 0 Å². The fraction of sp³-hybridized carbons (Fsp3) is 0.429. The van der Waals surface area contributed by atoms with E-state index in [1.54, 1.807) is 0 Å². The van der Waals surface area contributed by atoms with E-state index in [0.29, 0.717) is 24.9 Å². The van der Waals surface area contributed by atoms with Gasteiger partial charge < -0.3 is 15.5 Å². The summed E-state index contributed by atoms with van der Waals surface area (Å²) in [7, 11) is 1.52. The normalized spacial score (nSPS) is 14.8. The second kappa shape index (κ2) is 5.50. The van der Waals surface area contributed by atoms with Gasteiger partial charge in [0.05, 0.1) is 6.61 Å². The van der Waals surface area contributed by atoms with Gasteiger partial charge in [0.25, 0.3) is 0 Å². The minimum atomic E-state index is -1.46. The summed E-state index contributed by atoms with van der Waals surface area (Å²) in [5.41, 5.74) is 5.68. The largest absolute Gasteiger partial charge is 0.381 e. The zero-order valence-electron chi connectivity index (χ0n) is 10.6. The van der Waals surface area contributed by atoms with Gasteiger partial charge in [-0.3, -0.25) is 0 Å². The Kier molecular flexibility index (Phi) is 3.99. The molecule has 0 aliphatic rings. The number of methoxy groups -OCH3 is 1. The molecule has 0 saturated carbocycles. The quantitative estimate of drug-likeness (QED) is 0.828. The molecule has 2 rings (SSSR count). The van der Waals surface area contributed by atoms with Crippen LogP contribution in [0.1, 0.15) is 18.4 Å². The molecule has 18 heavy (non-hydrogen) atoms. The minimum absolute atomic E-state index is 0.0585. The van der Waals surface area contributed by atoms with E-state index in [1.807, 2.05) is 30.5 Å². The van der Waals surface area contributed by atoms with E-state index >= 15 is 0 Å². The van der Waals surface area contributed by atoms with Crippen LogP contribution in [0.2, 0.25) is 0 Å². The summed E-state index contributed by atoms with van der Waals surface area (Å²) >= 11 is 0. The van der Waals surface area contributed by atoms with Gasteiger partial charge >= 0.3 is 0 Å². The van der Waals surface area contributed by atoms with Crippen molar-refractivity contribution in [3.05, 3.63) is 36.0 Å². The first-order valence-electron chi connectivity index (χ1n) is 6.15. The number of H-pyrrole nitrogens is 1. The molecule has 0 saturated heterocycles. The van der Waals surface area contributed by atoms with E-state index in [1.165, 1.54) is 7.11 Å². The number of aromatic amines is 1. The van der Waals surface area contributed by atoms with Gasteiger partial charge in [-0.2, -0.15) is 0 Å². The Morgan fingerprint density at radius 1 is 1.39 bits per heavy atom. The van der Waals surface area contributed by atoms with Gasteiger partial charge in [-0.05, 0) is 48.5 Å². The van der Waals surface area contributed by atoms with Gasteiger partial charge in [0, 0.05) is 18.8 Å². The van der Waals surface area contributed by atoms with Crippen LogP contribution in [0.3, 0.4) is 0 Å². The van der Waals surface area contributed by atoms with Crippen LogP contribution in [-0.4, -0.2) is 25.2 Å². The molecule has 1 aromatic carbocycles. The maximum absolute atomic E-state index is 15.0. The third-order valence-corrected chi connectivity index (χ3v) is 3.22. The van der Waals surface area contributed by atoms with Crippen molar-refractivity contribution in [2.75, 3.05) is 20.3 Å². The number of nitrogens with one attached hydrogen (secondary N) is 1. The second-order valence-corrected chi connectivity index (χ2v) is 4.57. The van der Waals surface area contributed by atoms with Crippen LogP contribution in [0.4, 0.5) is 4.39 Å². The Morgan fingerprint density at radius 3 is 2.94 bits per heavy atom. The lowest BCUT2D eigenvalue weighted by atomic mass is 9.91. The average Bonchev–Trinajstić information content (AvgIpc) is 2.84. The maximum atomic E-state index is 15.0. The highest BCUT2D eigenvalue weighted by Crippen LogP contribution is 2.33. The van der Waals surface area contributed by atoms with Crippen molar-refractivity contribution in [1.29, 1.82) is 0 Å². The third kappa shape index (κ3) is 2.54. The van der Waals surface area contributed by atoms with Crippen molar-refractivity contribution >= 4 is 10.9 Å². The minimum Gasteiger partial charge on any atom is -0.381 e. The molecule has 1 aromatic heterocycles. The fourth-order valence-corrected chi connectivity index (χ4v) is 2.24. The SMILES string of the molecule is COCC(F)(CCCN)c1ccc2[nH]ccc2c1. The number of alkyl halides is 1.